The third-order valence-electron chi connectivity index (χ3n) is 5.25. The van der Waals surface area contributed by atoms with Gasteiger partial charge in [0.25, 0.3) is 0 Å². The second-order valence-corrected chi connectivity index (χ2v) is 6.91. The third kappa shape index (κ3) is 3.05. The highest BCUT2D eigenvalue weighted by Crippen LogP contribution is 2.43. The van der Waals surface area contributed by atoms with Crippen LogP contribution in [0.4, 0.5) is 0 Å². The quantitative estimate of drug-likeness (QED) is 0.765. The summed E-state index contributed by atoms with van der Waals surface area (Å²) in [6, 6.07) is 0. The van der Waals surface area contributed by atoms with Gasteiger partial charge in [0, 0.05) is 5.54 Å². The maximum Gasteiger partial charge on any atom is 0.0212 e. The lowest BCUT2D eigenvalue weighted by Gasteiger charge is -2.43. The topological polar surface area (TPSA) is 12.0 Å². The minimum absolute atomic E-state index is 0.521. The fourth-order valence-corrected chi connectivity index (χ4v) is 4.37. The zero-order valence-electron chi connectivity index (χ0n) is 12.1. The van der Waals surface area contributed by atoms with Gasteiger partial charge < -0.3 is 5.32 Å². The molecule has 1 aliphatic heterocycles. The van der Waals surface area contributed by atoms with Crippen molar-refractivity contribution in [1.82, 2.24) is 5.32 Å². The molecule has 1 unspecified atom stereocenters. The Kier molecular flexibility index (Phi) is 4.52. The van der Waals surface area contributed by atoms with Crippen LogP contribution < -0.4 is 5.32 Å². The molecule has 1 atom stereocenters. The Hall–Kier alpha value is -0.0400. The van der Waals surface area contributed by atoms with Crippen LogP contribution >= 0.6 is 0 Å². The summed E-state index contributed by atoms with van der Waals surface area (Å²) < 4.78 is 0. The summed E-state index contributed by atoms with van der Waals surface area (Å²) in [5.41, 5.74) is 0.521. The average molecular weight is 237 g/mol. The van der Waals surface area contributed by atoms with Crippen molar-refractivity contribution >= 4 is 0 Å². The zero-order valence-corrected chi connectivity index (χ0v) is 12.1. The van der Waals surface area contributed by atoms with E-state index in [9.17, 15) is 0 Å². The lowest BCUT2D eigenvalue weighted by atomic mass is 9.68. The van der Waals surface area contributed by atoms with E-state index in [4.69, 9.17) is 0 Å². The van der Waals surface area contributed by atoms with Crippen LogP contribution in [-0.2, 0) is 0 Å². The highest BCUT2D eigenvalue weighted by molar-refractivity contribution is 5.00. The van der Waals surface area contributed by atoms with Crippen molar-refractivity contribution in [2.75, 3.05) is 6.54 Å². The summed E-state index contributed by atoms with van der Waals surface area (Å²) in [5.74, 6) is 2.84. The van der Waals surface area contributed by atoms with Crippen LogP contribution in [0.1, 0.15) is 72.1 Å². The van der Waals surface area contributed by atoms with Gasteiger partial charge in [-0.1, -0.05) is 40.0 Å². The summed E-state index contributed by atoms with van der Waals surface area (Å²) >= 11 is 0. The average Bonchev–Trinajstić information content (AvgIpc) is 2.78. The molecule has 0 radical (unpaired) electrons. The molecule has 0 amide bonds. The lowest BCUT2D eigenvalue weighted by molar-refractivity contribution is 0.130. The molecule has 1 heteroatoms. The molecule has 1 saturated heterocycles. The Morgan fingerprint density at radius 1 is 1.18 bits per heavy atom. The van der Waals surface area contributed by atoms with Crippen molar-refractivity contribution in [2.45, 2.75) is 77.7 Å². The molecule has 2 rings (SSSR count). The highest BCUT2D eigenvalue weighted by Gasteiger charge is 2.42. The number of hydrogen-bond donors (Lipinski definition) is 1. The molecule has 2 aliphatic rings. The number of hydrogen-bond acceptors (Lipinski definition) is 1. The van der Waals surface area contributed by atoms with Crippen molar-refractivity contribution in [3.8, 4) is 0 Å². The predicted octanol–water partition coefficient (Wildman–Crippen LogP) is 4.37. The highest BCUT2D eigenvalue weighted by atomic mass is 15.0. The van der Waals surface area contributed by atoms with E-state index < -0.39 is 0 Å². The maximum absolute atomic E-state index is 3.90. The van der Waals surface area contributed by atoms with Gasteiger partial charge in [-0.2, -0.15) is 0 Å². The van der Waals surface area contributed by atoms with Gasteiger partial charge in [0.2, 0.25) is 0 Å². The second-order valence-electron chi connectivity index (χ2n) is 6.91. The summed E-state index contributed by atoms with van der Waals surface area (Å²) in [4.78, 5) is 0. The van der Waals surface area contributed by atoms with Crippen LogP contribution in [0.15, 0.2) is 0 Å². The maximum atomic E-state index is 3.90. The van der Waals surface area contributed by atoms with E-state index in [0.29, 0.717) is 5.54 Å². The second kappa shape index (κ2) is 5.73. The Morgan fingerprint density at radius 2 is 1.88 bits per heavy atom. The van der Waals surface area contributed by atoms with Gasteiger partial charge in [-0.15, -0.1) is 0 Å². The van der Waals surface area contributed by atoms with Crippen molar-refractivity contribution in [2.24, 2.45) is 17.8 Å². The number of nitrogens with one attached hydrogen (secondary N) is 1. The van der Waals surface area contributed by atoms with E-state index in [-0.39, 0.29) is 0 Å². The molecule has 2 fully saturated rings. The molecule has 0 spiro atoms. The molecule has 1 saturated carbocycles. The Bertz CT molecular complexity index is 220. The van der Waals surface area contributed by atoms with Crippen LogP contribution in [0.25, 0.3) is 0 Å². The third-order valence-corrected chi connectivity index (χ3v) is 5.25. The van der Waals surface area contributed by atoms with E-state index in [0.717, 1.165) is 17.8 Å². The Morgan fingerprint density at radius 3 is 2.35 bits per heavy atom. The Balaban J connectivity index is 1.97. The Labute approximate surface area is 108 Å². The summed E-state index contributed by atoms with van der Waals surface area (Å²) in [5, 5.41) is 3.90. The largest absolute Gasteiger partial charge is 0.311 e. The van der Waals surface area contributed by atoms with Gasteiger partial charge in [-0.3, -0.25) is 0 Å². The van der Waals surface area contributed by atoms with E-state index in [1.165, 1.54) is 57.9 Å². The molecule has 1 nitrogen and oxygen atoms in total. The molecule has 0 aromatic carbocycles. The molecule has 100 valence electrons. The summed E-state index contributed by atoms with van der Waals surface area (Å²) in [6.07, 6.45) is 11.6. The van der Waals surface area contributed by atoms with Crippen LogP contribution in [0, 0.1) is 17.8 Å². The van der Waals surface area contributed by atoms with Gasteiger partial charge in [-0.25, -0.2) is 0 Å². The predicted molar refractivity (Wildman–Crippen MR) is 75.2 cm³/mol. The molecule has 0 bridgehead atoms. The van der Waals surface area contributed by atoms with Crippen molar-refractivity contribution < 1.29 is 0 Å². The first kappa shape index (κ1) is 13.4. The van der Waals surface area contributed by atoms with Gasteiger partial charge >= 0.3 is 0 Å². The number of rotatable bonds is 4. The molecule has 1 heterocycles. The van der Waals surface area contributed by atoms with Crippen LogP contribution in [0.2, 0.25) is 0 Å². The van der Waals surface area contributed by atoms with Crippen LogP contribution in [0.3, 0.4) is 0 Å². The van der Waals surface area contributed by atoms with E-state index in [1.54, 1.807) is 0 Å². The first-order valence-corrected chi connectivity index (χ1v) is 7.91. The SMILES string of the molecule is CCC1CCC(C2(CC(C)C)CCCN2)CC1. The van der Waals surface area contributed by atoms with Gasteiger partial charge in [0.1, 0.15) is 0 Å². The first-order chi connectivity index (χ1) is 8.16. The van der Waals surface area contributed by atoms with E-state index in [2.05, 4.69) is 26.1 Å². The molecular formula is C16H31N. The summed E-state index contributed by atoms with van der Waals surface area (Å²) in [6.45, 7) is 8.40. The molecule has 1 N–H and O–H groups in total. The molecule has 17 heavy (non-hydrogen) atoms. The standard InChI is InChI=1S/C16H31N/c1-4-14-6-8-15(9-7-14)16(12-13(2)3)10-5-11-17-16/h13-15,17H,4-12H2,1-3H3. The molecule has 1 aliphatic carbocycles. The fourth-order valence-electron chi connectivity index (χ4n) is 4.37. The molecule has 0 aromatic rings. The monoisotopic (exact) mass is 237 g/mol. The van der Waals surface area contributed by atoms with Gasteiger partial charge in [0.05, 0.1) is 0 Å². The van der Waals surface area contributed by atoms with Crippen LogP contribution in [-0.4, -0.2) is 12.1 Å². The van der Waals surface area contributed by atoms with E-state index >= 15 is 0 Å². The van der Waals surface area contributed by atoms with Gasteiger partial charge in [0.15, 0.2) is 0 Å². The summed E-state index contributed by atoms with van der Waals surface area (Å²) in [7, 11) is 0. The smallest absolute Gasteiger partial charge is 0.0212 e. The van der Waals surface area contributed by atoms with Crippen molar-refractivity contribution in [3.05, 3.63) is 0 Å². The van der Waals surface area contributed by atoms with E-state index in [1.807, 2.05) is 0 Å². The minimum Gasteiger partial charge on any atom is -0.311 e. The minimum atomic E-state index is 0.521. The van der Waals surface area contributed by atoms with Crippen molar-refractivity contribution in [1.29, 1.82) is 0 Å². The lowest BCUT2D eigenvalue weighted by Crippen LogP contribution is -2.49. The molecule has 0 aromatic heterocycles. The molecular weight excluding hydrogens is 206 g/mol. The fraction of sp³-hybridized carbons (Fsp3) is 1.00. The van der Waals surface area contributed by atoms with Crippen molar-refractivity contribution in [3.63, 3.8) is 0 Å². The first-order valence-electron chi connectivity index (χ1n) is 7.91. The zero-order chi connectivity index (χ0) is 12.3. The normalized spacial score (nSPS) is 38.8. The van der Waals surface area contributed by atoms with Gasteiger partial charge in [-0.05, 0) is 56.4 Å². The van der Waals surface area contributed by atoms with Crippen LogP contribution in [0.5, 0.6) is 0 Å².